The fourth-order valence-corrected chi connectivity index (χ4v) is 4.89. The van der Waals surface area contributed by atoms with Gasteiger partial charge in [0.1, 0.15) is 11.9 Å². The third kappa shape index (κ3) is 5.35. The van der Waals surface area contributed by atoms with E-state index in [4.69, 9.17) is 5.73 Å². The molecule has 0 aliphatic heterocycles. The van der Waals surface area contributed by atoms with Gasteiger partial charge in [-0.2, -0.15) is 0 Å². The maximum Gasteiger partial charge on any atom is 0.240 e. The highest BCUT2D eigenvalue weighted by Crippen LogP contribution is 2.37. The minimum atomic E-state index is -0.564. The van der Waals surface area contributed by atoms with E-state index in [9.17, 15) is 9.59 Å². The number of para-hydroxylation sites is 1. The van der Waals surface area contributed by atoms with Crippen LogP contribution < -0.4 is 16.4 Å². The maximum atomic E-state index is 13.4. The number of fused-ring (bicyclic) bond motifs is 1. The number of aromatic nitrogens is 2. The monoisotopic (exact) mass is 459 g/mol. The van der Waals surface area contributed by atoms with Gasteiger partial charge < -0.3 is 16.4 Å². The quantitative estimate of drug-likeness (QED) is 0.445. The van der Waals surface area contributed by atoms with Crippen molar-refractivity contribution in [1.82, 2.24) is 15.3 Å². The molecule has 1 unspecified atom stereocenters. The number of hydrogen-bond acceptors (Lipinski definition) is 5. The van der Waals surface area contributed by atoms with Crippen LogP contribution in [0.1, 0.15) is 56.8 Å². The molecule has 1 aliphatic carbocycles. The lowest BCUT2D eigenvalue weighted by molar-refractivity contribution is -0.124. The van der Waals surface area contributed by atoms with Crippen molar-refractivity contribution < 1.29 is 9.59 Å². The van der Waals surface area contributed by atoms with E-state index >= 15 is 0 Å². The Morgan fingerprint density at radius 3 is 2.35 bits per heavy atom. The lowest BCUT2D eigenvalue weighted by Gasteiger charge is -2.23. The molecule has 1 aliphatic rings. The summed E-state index contributed by atoms with van der Waals surface area (Å²) >= 11 is 0. The number of anilines is 1. The van der Waals surface area contributed by atoms with Gasteiger partial charge in [0.05, 0.1) is 18.0 Å². The minimum absolute atomic E-state index is 0.00145. The normalized spacial score (nSPS) is 15.9. The third-order valence-electron chi connectivity index (χ3n) is 6.65. The van der Waals surface area contributed by atoms with Gasteiger partial charge in [-0.05, 0) is 42.4 Å². The molecular formula is C27H33N5O2. The summed E-state index contributed by atoms with van der Waals surface area (Å²) < 4.78 is 0. The summed E-state index contributed by atoms with van der Waals surface area (Å²) in [6, 6.07) is 17.1. The molecule has 4 N–H and O–H groups in total. The number of carbonyl (C=O) groups is 2. The average molecular weight is 460 g/mol. The van der Waals surface area contributed by atoms with E-state index in [1.807, 2.05) is 68.4 Å². The summed E-state index contributed by atoms with van der Waals surface area (Å²) in [6.45, 7) is 4.07. The van der Waals surface area contributed by atoms with E-state index in [0.29, 0.717) is 17.6 Å². The summed E-state index contributed by atoms with van der Waals surface area (Å²) in [5.41, 5.74) is 7.41. The number of amides is 2. The molecule has 1 fully saturated rings. The van der Waals surface area contributed by atoms with Crippen LogP contribution in [0.3, 0.4) is 0 Å². The molecule has 0 radical (unpaired) electrons. The SMILES string of the molecule is CC(C)[C@H](Nc1nc(CNC(=O)C(c2ccccc2)C2CCCC2)nc2ccccc12)C(N)=O. The highest BCUT2D eigenvalue weighted by Gasteiger charge is 2.32. The van der Waals surface area contributed by atoms with Crippen LogP contribution >= 0.6 is 0 Å². The number of nitrogens with two attached hydrogens (primary N) is 1. The molecule has 7 heteroatoms. The molecule has 2 atom stereocenters. The molecule has 3 aromatic rings. The Morgan fingerprint density at radius 2 is 1.68 bits per heavy atom. The largest absolute Gasteiger partial charge is 0.368 e. The van der Waals surface area contributed by atoms with Gasteiger partial charge in [-0.1, -0.05) is 69.2 Å². The first-order valence-electron chi connectivity index (χ1n) is 12.1. The first kappa shape index (κ1) is 23.7. The zero-order chi connectivity index (χ0) is 24.1. The Hall–Kier alpha value is -3.48. The van der Waals surface area contributed by atoms with Crippen LogP contribution in [0.25, 0.3) is 10.9 Å². The molecule has 34 heavy (non-hydrogen) atoms. The third-order valence-corrected chi connectivity index (χ3v) is 6.65. The minimum Gasteiger partial charge on any atom is -0.368 e. The standard InChI is InChI=1S/C27H33N5O2/c1-17(2)24(25(28)33)32-26-20-14-8-9-15-21(20)30-22(31-26)16-29-27(34)23(19-12-6-7-13-19)18-10-4-3-5-11-18/h3-5,8-11,14-15,17,19,23-24H,6-7,12-13,16H2,1-2H3,(H2,28,33)(H,29,34)(H,30,31,32)/t23?,24-/m0/s1. The van der Waals surface area contributed by atoms with Crippen molar-refractivity contribution >= 4 is 28.5 Å². The van der Waals surface area contributed by atoms with E-state index in [1.54, 1.807) is 0 Å². The topological polar surface area (TPSA) is 110 Å². The van der Waals surface area contributed by atoms with Crippen LogP contribution in [0.15, 0.2) is 54.6 Å². The lowest BCUT2D eigenvalue weighted by Crippen LogP contribution is -2.40. The van der Waals surface area contributed by atoms with Crippen molar-refractivity contribution in [1.29, 1.82) is 0 Å². The molecule has 7 nitrogen and oxygen atoms in total. The number of nitrogens with zero attached hydrogens (tertiary/aromatic N) is 2. The highest BCUT2D eigenvalue weighted by molar-refractivity contribution is 5.92. The summed E-state index contributed by atoms with van der Waals surface area (Å²) in [4.78, 5) is 34.7. The van der Waals surface area contributed by atoms with E-state index in [-0.39, 0.29) is 24.3 Å². The van der Waals surface area contributed by atoms with Gasteiger partial charge in [0.15, 0.2) is 5.82 Å². The Bertz CT molecular complexity index is 1140. The molecular weight excluding hydrogens is 426 g/mol. The molecule has 2 amide bonds. The van der Waals surface area contributed by atoms with Gasteiger partial charge >= 0.3 is 0 Å². The summed E-state index contributed by atoms with van der Waals surface area (Å²) in [6.07, 6.45) is 4.47. The molecule has 0 spiro atoms. The highest BCUT2D eigenvalue weighted by atomic mass is 16.2. The van der Waals surface area contributed by atoms with E-state index in [0.717, 1.165) is 29.3 Å². The fraction of sp³-hybridized carbons (Fsp3) is 0.407. The molecule has 0 saturated heterocycles. The first-order valence-corrected chi connectivity index (χ1v) is 12.1. The van der Waals surface area contributed by atoms with E-state index in [1.165, 1.54) is 12.8 Å². The van der Waals surface area contributed by atoms with Crippen molar-refractivity contribution in [3.05, 3.63) is 66.0 Å². The molecule has 4 rings (SSSR count). The van der Waals surface area contributed by atoms with Crippen molar-refractivity contribution in [3.8, 4) is 0 Å². The molecule has 0 bridgehead atoms. The number of nitrogens with one attached hydrogen (secondary N) is 2. The lowest BCUT2D eigenvalue weighted by atomic mass is 9.84. The molecule has 178 valence electrons. The molecule has 1 heterocycles. The number of hydrogen-bond donors (Lipinski definition) is 3. The predicted octanol–water partition coefficient (Wildman–Crippen LogP) is 4.14. The number of benzene rings is 2. The van der Waals surface area contributed by atoms with Gasteiger partial charge in [-0.15, -0.1) is 0 Å². The first-order chi connectivity index (χ1) is 16.4. The second-order valence-electron chi connectivity index (χ2n) is 9.42. The van der Waals surface area contributed by atoms with Crippen LogP contribution in [-0.4, -0.2) is 27.8 Å². The number of carbonyl (C=O) groups excluding carboxylic acids is 2. The number of primary amides is 1. The van der Waals surface area contributed by atoms with Crippen LogP contribution in [0, 0.1) is 11.8 Å². The Kier molecular flexibility index (Phi) is 7.40. The summed E-state index contributed by atoms with van der Waals surface area (Å²) in [5, 5.41) is 7.09. The average Bonchev–Trinajstić information content (AvgIpc) is 3.35. The van der Waals surface area contributed by atoms with Crippen molar-refractivity contribution in [2.75, 3.05) is 5.32 Å². The zero-order valence-electron chi connectivity index (χ0n) is 19.8. The van der Waals surface area contributed by atoms with Gasteiger partial charge in [0, 0.05) is 5.39 Å². The fourth-order valence-electron chi connectivity index (χ4n) is 4.89. The van der Waals surface area contributed by atoms with Crippen LogP contribution in [0.5, 0.6) is 0 Å². The van der Waals surface area contributed by atoms with Gasteiger partial charge in [-0.25, -0.2) is 9.97 Å². The second kappa shape index (κ2) is 10.6. The predicted molar refractivity (Wildman–Crippen MR) is 134 cm³/mol. The summed E-state index contributed by atoms with van der Waals surface area (Å²) in [7, 11) is 0. The molecule has 1 saturated carbocycles. The van der Waals surface area contributed by atoms with Crippen molar-refractivity contribution in [2.45, 2.75) is 58.0 Å². The second-order valence-corrected chi connectivity index (χ2v) is 9.42. The van der Waals surface area contributed by atoms with Gasteiger partial charge in [0.25, 0.3) is 0 Å². The van der Waals surface area contributed by atoms with Crippen molar-refractivity contribution in [2.24, 2.45) is 17.6 Å². The van der Waals surface area contributed by atoms with E-state index in [2.05, 4.69) is 20.6 Å². The molecule has 2 aromatic carbocycles. The van der Waals surface area contributed by atoms with E-state index < -0.39 is 11.9 Å². The van der Waals surface area contributed by atoms with Gasteiger partial charge in [-0.3, -0.25) is 9.59 Å². The Balaban J connectivity index is 1.57. The maximum absolute atomic E-state index is 13.4. The number of rotatable bonds is 9. The Labute approximate surface area is 200 Å². The zero-order valence-corrected chi connectivity index (χ0v) is 19.8. The summed E-state index contributed by atoms with van der Waals surface area (Å²) in [5.74, 6) is 0.757. The molecule has 1 aromatic heterocycles. The van der Waals surface area contributed by atoms with Crippen LogP contribution in [-0.2, 0) is 16.1 Å². The smallest absolute Gasteiger partial charge is 0.240 e. The van der Waals surface area contributed by atoms with Gasteiger partial charge in [0.2, 0.25) is 11.8 Å². The van der Waals surface area contributed by atoms with Crippen molar-refractivity contribution in [3.63, 3.8) is 0 Å². The van der Waals surface area contributed by atoms with Crippen LogP contribution in [0.4, 0.5) is 5.82 Å². The van der Waals surface area contributed by atoms with Crippen LogP contribution in [0.2, 0.25) is 0 Å². The Morgan fingerprint density at radius 1 is 1.00 bits per heavy atom.